The molecule has 12 heteroatoms. The first-order chi connectivity index (χ1) is 14.8. The SMILES string of the molecule is Nc1ncc(-c2cccc3c2OC(F)(F)O3)cc1-c1nnnn1-c1cccc(F)c1F. The van der Waals surface area contributed by atoms with Crippen LogP contribution in [0.2, 0.25) is 0 Å². The lowest BCUT2D eigenvalue weighted by Crippen LogP contribution is -2.26. The Hall–Kier alpha value is -4.22. The van der Waals surface area contributed by atoms with E-state index in [2.05, 4.69) is 30.0 Å². The highest BCUT2D eigenvalue weighted by molar-refractivity contribution is 5.80. The van der Waals surface area contributed by atoms with Gasteiger partial charge in [0, 0.05) is 17.3 Å². The van der Waals surface area contributed by atoms with Gasteiger partial charge in [-0.05, 0) is 34.7 Å². The van der Waals surface area contributed by atoms with Crippen molar-refractivity contribution in [2.75, 3.05) is 5.73 Å². The molecule has 0 atom stereocenters. The predicted molar refractivity (Wildman–Crippen MR) is 98.4 cm³/mol. The third kappa shape index (κ3) is 3.08. The fraction of sp³-hybridized carbons (Fsp3) is 0.0526. The normalized spacial score (nSPS) is 14.1. The number of benzene rings is 2. The Bertz CT molecular complexity index is 1330. The van der Waals surface area contributed by atoms with E-state index in [1.54, 1.807) is 0 Å². The zero-order valence-corrected chi connectivity index (χ0v) is 15.3. The van der Waals surface area contributed by atoms with Crippen LogP contribution in [0.1, 0.15) is 0 Å². The number of pyridine rings is 1. The zero-order chi connectivity index (χ0) is 21.8. The first-order valence-corrected chi connectivity index (χ1v) is 8.72. The molecule has 0 unspecified atom stereocenters. The number of nitrogen functional groups attached to an aromatic ring is 1. The maximum atomic E-state index is 14.3. The van der Waals surface area contributed by atoms with Crippen LogP contribution in [0.15, 0.2) is 48.7 Å². The molecular formula is C19H10F4N6O2. The molecule has 0 saturated carbocycles. The monoisotopic (exact) mass is 430 g/mol. The highest BCUT2D eigenvalue weighted by Gasteiger charge is 2.44. The van der Waals surface area contributed by atoms with E-state index in [1.165, 1.54) is 42.6 Å². The lowest BCUT2D eigenvalue weighted by atomic mass is 10.0. The fourth-order valence-corrected chi connectivity index (χ4v) is 3.17. The highest BCUT2D eigenvalue weighted by atomic mass is 19.3. The molecule has 31 heavy (non-hydrogen) atoms. The number of para-hydroxylation sites is 1. The molecule has 2 N–H and O–H groups in total. The summed E-state index contributed by atoms with van der Waals surface area (Å²) in [7, 11) is 0. The van der Waals surface area contributed by atoms with Gasteiger partial charge in [-0.15, -0.1) is 13.9 Å². The minimum absolute atomic E-state index is 0.0216. The van der Waals surface area contributed by atoms with Crippen molar-refractivity contribution in [2.45, 2.75) is 6.29 Å². The summed E-state index contributed by atoms with van der Waals surface area (Å²) in [4.78, 5) is 4.07. The standard InChI is InChI=1S/C19H10F4N6O2/c20-12-4-2-5-13(15(12)21)29-18(26-27-28-29)11-7-9(8-25-17(11)24)10-3-1-6-14-16(10)31-19(22,23)30-14/h1-8H,(H2,24,25). The number of nitrogens with zero attached hydrogens (tertiary/aromatic N) is 5. The minimum atomic E-state index is -3.80. The van der Waals surface area contributed by atoms with Gasteiger partial charge in [0.1, 0.15) is 11.5 Å². The highest BCUT2D eigenvalue weighted by Crippen LogP contribution is 2.47. The summed E-state index contributed by atoms with van der Waals surface area (Å²) in [6.45, 7) is 0. The average molecular weight is 430 g/mol. The number of alkyl halides is 2. The van der Waals surface area contributed by atoms with Crippen LogP contribution in [0.3, 0.4) is 0 Å². The molecule has 156 valence electrons. The maximum absolute atomic E-state index is 14.3. The van der Waals surface area contributed by atoms with E-state index in [0.29, 0.717) is 5.56 Å². The van der Waals surface area contributed by atoms with Crippen LogP contribution in [0.4, 0.5) is 23.4 Å². The van der Waals surface area contributed by atoms with Gasteiger partial charge >= 0.3 is 6.29 Å². The van der Waals surface area contributed by atoms with Crippen molar-refractivity contribution in [1.82, 2.24) is 25.2 Å². The molecule has 0 bridgehead atoms. The van der Waals surface area contributed by atoms with Gasteiger partial charge in [-0.3, -0.25) is 0 Å². The molecule has 0 radical (unpaired) electrons. The van der Waals surface area contributed by atoms with Crippen molar-refractivity contribution in [1.29, 1.82) is 0 Å². The first-order valence-electron chi connectivity index (χ1n) is 8.72. The second kappa shape index (κ2) is 6.65. The summed E-state index contributed by atoms with van der Waals surface area (Å²) in [6.07, 6.45) is -2.47. The average Bonchev–Trinajstić information content (AvgIpc) is 3.33. The number of hydrogen-bond donors (Lipinski definition) is 1. The number of anilines is 1. The third-order valence-corrected chi connectivity index (χ3v) is 4.53. The molecule has 4 aromatic rings. The molecule has 0 spiro atoms. The molecule has 1 aliphatic heterocycles. The smallest absolute Gasteiger partial charge is 0.395 e. The molecule has 8 nitrogen and oxygen atoms in total. The maximum Gasteiger partial charge on any atom is 0.586 e. The van der Waals surface area contributed by atoms with E-state index in [9.17, 15) is 17.6 Å². The zero-order valence-electron chi connectivity index (χ0n) is 15.3. The molecule has 3 heterocycles. The lowest BCUT2D eigenvalue weighted by Gasteiger charge is -2.11. The summed E-state index contributed by atoms with van der Waals surface area (Å²) in [5.41, 5.74) is 6.46. The number of halogens is 4. The van der Waals surface area contributed by atoms with Crippen LogP contribution in [-0.2, 0) is 0 Å². The van der Waals surface area contributed by atoms with Crippen LogP contribution >= 0.6 is 0 Å². The third-order valence-electron chi connectivity index (χ3n) is 4.53. The number of aromatic nitrogens is 5. The molecule has 1 aliphatic rings. The molecule has 2 aromatic heterocycles. The number of nitrogens with two attached hydrogens (primary N) is 1. The molecule has 0 amide bonds. The Morgan fingerprint density at radius 2 is 1.81 bits per heavy atom. The Morgan fingerprint density at radius 1 is 1.00 bits per heavy atom. The molecule has 0 fully saturated rings. The quantitative estimate of drug-likeness (QED) is 0.496. The van der Waals surface area contributed by atoms with Gasteiger partial charge in [-0.2, -0.15) is 4.68 Å². The summed E-state index contributed by atoms with van der Waals surface area (Å²) >= 11 is 0. The second-order valence-corrected chi connectivity index (χ2v) is 6.44. The van der Waals surface area contributed by atoms with Gasteiger partial charge in [-0.25, -0.2) is 13.8 Å². The van der Waals surface area contributed by atoms with Crippen LogP contribution in [0, 0.1) is 11.6 Å². The Labute approximate surface area is 170 Å². The second-order valence-electron chi connectivity index (χ2n) is 6.44. The van der Waals surface area contributed by atoms with E-state index in [1.807, 2.05) is 0 Å². The van der Waals surface area contributed by atoms with E-state index in [0.717, 1.165) is 10.7 Å². The Balaban J connectivity index is 1.65. The van der Waals surface area contributed by atoms with Gasteiger partial charge < -0.3 is 15.2 Å². The van der Waals surface area contributed by atoms with Crippen molar-refractivity contribution in [3.63, 3.8) is 0 Å². The van der Waals surface area contributed by atoms with Crippen LogP contribution < -0.4 is 15.2 Å². The molecule has 0 saturated heterocycles. The molecular weight excluding hydrogens is 420 g/mol. The minimum Gasteiger partial charge on any atom is -0.395 e. The number of fused-ring (bicyclic) bond motifs is 1. The van der Waals surface area contributed by atoms with Crippen molar-refractivity contribution >= 4 is 5.82 Å². The van der Waals surface area contributed by atoms with Crippen molar-refractivity contribution in [2.24, 2.45) is 0 Å². The Morgan fingerprint density at radius 3 is 2.65 bits per heavy atom. The fourth-order valence-electron chi connectivity index (χ4n) is 3.17. The largest absolute Gasteiger partial charge is 0.586 e. The van der Waals surface area contributed by atoms with Crippen LogP contribution in [0.5, 0.6) is 11.5 Å². The van der Waals surface area contributed by atoms with Gasteiger partial charge in [0.2, 0.25) is 0 Å². The van der Waals surface area contributed by atoms with Crippen LogP contribution in [0.25, 0.3) is 28.2 Å². The van der Waals surface area contributed by atoms with E-state index >= 15 is 0 Å². The number of tetrazole rings is 1. The van der Waals surface area contributed by atoms with E-state index in [-0.39, 0.29) is 40.0 Å². The van der Waals surface area contributed by atoms with Crippen molar-refractivity contribution in [3.8, 4) is 39.7 Å². The summed E-state index contributed by atoms with van der Waals surface area (Å²) < 4.78 is 65.1. The van der Waals surface area contributed by atoms with E-state index in [4.69, 9.17) is 5.73 Å². The van der Waals surface area contributed by atoms with Gasteiger partial charge in [0.15, 0.2) is 29.0 Å². The summed E-state index contributed by atoms with van der Waals surface area (Å²) in [5, 5.41) is 11.1. The topological polar surface area (TPSA) is 101 Å². The first kappa shape index (κ1) is 18.8. The molecule has 2 aromatic carbocycles. The van der Waals surface area contributed by atoms with Gasteiger partial charge in [0.05, 0.1) is 5.56 Å². The summed E-state index contributed by atoms with van der Waals surface area (Å²) in [6, 6.07) is 9.35. The van der Waals surface area contributed by atoms with Crippen molar-refractivity contribution < 1.29 is 27.0 Å². The lowest BCUT2D eigenvalue weighted by molar-refractivity contribution is -0.286. The Kier molecular flexibility index (Phi) is 4.03. The molecule has 0 aliphatic carbocycles. The van der Waals surface area contributed by atoms with Crippen molar-refractivity contribution in [3.05, 3.63) is 60.3 Å². The van der Waals surface area contributed by atoms with Gasteiger partial charge in [-0.1, -0.05) is 18.2 Å². The van der Waals surface area contributed by atoms with Gasteiger partial charge in [0.25, 0.3) is 0 Å². The number of rotatable bonds is 3. The summed E-state index contributed by atoms with van der Waals surface area (Å²) in [5.74, 6) is -2.63. The van der Waals surface area contributed by atoms with E-state index < -0.39 is 17.9 Å². The number of hydrogen-bond acceptors (Lipinski definition) is 7. The van der Waals surface area contributed by atoms with Crippen LogP contribution in [-0.4, -0.2) is 31.5 Å². The predicted octanol–water partition coefficient (Wildman–Crippen LogP) is 3.57. The number of ether oxygens (including phenoxy) is 2. The molecule has 5 rings (SSSR count).